The lowest BCUT2D eigenvalue weighted by Crippen LogP contribution is -2.46. The number of rotatable bonds is 18. The highest BCUT2D eigenvalue weighted by atomic mass is 35.5. The van der Waals surface area contributed by atoms with Crippen LogP contribution in [-0.4, -0.2) is 75.6 Å². The van der Waals surface area contributed by atoms with Crippen molar-refractivity contribution in [3.63, 3.8) is 0 Å². The molecule has 1 saturated heterocycles. The second-order valence-corrected chi connectivity index (χ2v) is 13.2. The highest BCUT2D eigenvalue weighted by molar-refractivity contribution is 6.01. The molecule has 3 fully saturated rings. The van der Waals surface area contributed by atoms with Gasteiger partial charge in [0.1, 0.15) is 24.3 Å². The number of imide groups is 1. The first-order valence-electron chi connectivity index (χ1n) is 17.9. The number of ether oxygens (including phenoxy) is 2. The lowest BCUT2D eigenvalue weighted by Gasteiger charge is -2.22. The van der Waals surface area contributed by atoms with Gasteiger partial charge < -0.3 is 30.7 Å². The summed E-state index contributed by atoms with van der Waals surface area (Å²) in [6, 6.07) is -1.61. The Morgan fingerprint density at radius 3 is 1.67 bits per heavy atom. The summed E-state index contributed by atoms with van der Waals surface area (Å²) >= 11 is 0. The molecule has 3 rings (SSSR count). The fourth-order valence-corrected chi connectivity index (χ4v) is 5.76. The van der Waals surface area contributed by atoms with Gasteiger partial charge in [0.15, 0.2) is 0 Å². The van der Waals surface area contributed by atoms with Crippen LogP contribution in [0.4, 0.5) is 9.59 Å². The Labute approximate surface area is 315 Å². The van der Waals surface area contributed by atoms with E-state index in [1.54, 1.807) is 0 Å². The molecule has 14 nitrogen and oxygen atoms in total. The van der Waals surface area contributed by atoms with E-state index in [0.717, 1.165) is 103 Å². The van der Waals surface area contributed by atoms with Crippen LogP contribution in [0.2, 0.25) is 0 Å². The topological polar surface area (TPSA) is 212 Å². The number of nitrogens with two attached hydrogens (primary N) is 1. The number of hydroxylamine groups is 2. The minimum Gasteiger partial charge on any atom is -0.480 e. The van der Waals surface area contributed by atoms with Crippen molar-refractivity contribution in [3.05, 3.63) is 25.3 Å². The molecule has 1 heterocycles. The van der Waals surface area contributed by atoms with Crippen LogP contribution in [0.15, 0.2) is 25.3 Å². The number of amides is 3. The molecule has 3 aliphatic rings. The van der Waals surface area contributed by atoms with Crippen molar-refractivity contribution in [2.45, 2.75) is 161 Å². The monoisotopic (exact) mass is 761 g/mol. The van der Waals surface area contributed by atoms with E-state index >= 15 is 0 Å². The Balaban J connectivity index is 0. The molecule has 2 aliphatic carbocycles. The molecule has 5 N–H and O–H groups in total. The Morgan fingerprint density at radius 1 is 0.808 bits per heavy atom. The van der Waals surface area contributed by atoms with E-state index in [2.05, 4.69) is 23.3 Å². The Morgan fingerprint density at radius 2 is 1.25 bits per heavy atom. The zero-order chi connectivity index (χ0) is 37.5. The molecular formula is C37H64ClN3O11. The third-order valence-corrected chi connectivity index (χ3v) is 8.95. The number of carbonyl (C=O) groups excluding carboxylic acids is 4. The van der Waals surface area contributed by atoms with Crippen LogP contribution in [0.25, 0.3) is 0 Å². The van der Waals surface area contributed by atoms with Gasteiger partial charge in [0, 0.05) is 12.8 Å². The summed E-state index contributed by atoms with van der Waals surface area (Å²) in [6.45, 7) is 11.0. The SMILES string of the molecule is C.C=CCCCC[C@@H](C)[C@H](N)C(=O)O.C=CCCCC[C@@H](C)[C@H](NC(=O)OC1CCCC1)C(=O)O.Cl.O=C(OC1CCCC1)ON1C(=O)CCC1=O. The summed E-state index contributed by atoms with van der Waals surface area (Å²) in [5, 5.41) is 20.9. The number of aliphatic carboxylic acids is 2. The minimum atomic E-state index is -1.01. The molecule has 0 spiro atoms. The number of unbranched alkanes of at least 4 members (excludes halogenated alkanes) is 4. The third-order valence-electron chi connectivity index (χ3n) is 8.95. The van der Waals surface area contributed by atoms with Crippen LogP contribution in [0.5, 0.6) is 0 Å². The Hall–Kier alpha value is -3.65. The number of carbonyl (C=O) groups is 6. The van der Waals surface area contributed by atoms with Crippen LogP contribution in [0.1, 0.15) is 137 Å². The zero-order valence-electron chi connectivity index (χ0n) is 30.3. The lowest BCUT2D eigenvalue weighted by molar-refractivity contribution is -0.178. The number of halogens is 1. The number of hydrogen-bond donors (Lipinski definition) is 4. The average Bonchev–Trinajstić information content (AvgIpc) is 3.85. The first kappa shape index (κ1) is 50.5. The first-order valence-corrected chi connectivity index (χ1v) is 17.9. The first-order chi connectivity index (χ1) is 23.8. The normalized spacial score (nSPS) is 17.6. The lowest BCUT2D eigenvalue weighted by atomic mass is 9.95. The predicted molar refractivity (Wildman–Crippen MR) is 199 cm³/mol. The third kappa shape index (κ3) is 21.0. The van der Waals surface area contributed by atoms with Gasteiger partial charge in [-0.15, -0.1) is 25.6 Å². The van der Waals surface area contributed by atoms with Gasteiger partial charge >= 0.3 is 24.2 Å². The minimum absolute atomic E-state index is 0. The van der Waals surface area contributed by atoms with Gasteiger partial charge in [0.25, 0.3) is 11.8 Å². The maximum atomic E-state index is 11.8. The molecule has 0 aromatic rings. The molecule has 0 radical (unpaired) electrons. The molecule has 1 aliphatic heterocycles. The number of hydrogen-bond acceptors (Lipinski definition) is 10. The van der Waals surface area contributed by atoms with E-state index in [1.807, 2.05) is 26.0 Å². The highest BCUT2D eigenvalue weighted by Gasteiger charge is 2.34. The fraction of sp³-hybridized carbons (Fsp3) is 0.730. The Kier molecular flexibility index (Phi) is 28.0. The van der Waals surface area contributed by atoms with E-state index < -0.39 is 48.1 Å². The fourth-order valence-electron chi connectivity index (χ4n) is 5.76. The summed E-state index contributed by atoms with van der Waals surface area (Å²) < 4.78 is 10.2. The molecule has 0 unspecified atom stereocenters. The van der Waals surface area contributed by atoms with E-state index in [0.29, 0.717) is 5.06 Å². The number of allylic oxidation sites excluding steroid dienone is 2. The van der Waals surface area contributed by atoms with E-state index in [9.17, 15) is 33.9 Å². The van der Waals surface area contributed by atoms with Gasteiger partial charge in [0.05, 0.1) is 0 Å². The van der Waals surface area contributed by atoms with E-state index in [-0.39, 0.29) is 56.7 Å². The molecule has 52 heavy (non-hydrogen) atoms. The second-order valence-electron chi connectivity index (χ2n) is 13.2. The zero-order valence-corrected chi connectivity index (χ0v) is 31.1. The van der Waals surface area contributed by atoms with Gasteiger partial charge in [-0.05, 0) is 102 Å². The quantitative estimate of drug-likeness (QED) is 0.0463. The van der Waals surface area contributed by atoms with Crippen LogP contribution in [0.3, 0.4) is 0 Å². The maximum absolute atomic E-state index is 11.8. The van der Waals surface area contributed by atoms with Crippen LogP contribution in [0, 0.1) is 11.8 Å². The van der Waals surface area contributed by atoms with Crippen molar-refractivity contribution in [2.24, 2.45) is 17.6 Å². The van der Waals surface area contributed by atoms with Crippen molar-refractivity contribution in [3.8, 4) is 0 Å². The van der Waals surface area contributed by atoms with Crippen molar-refractivity contribution < 1.29 is 53.3 Å². The molecule has 300 valence electrons. The van der Waals surface area contributed by atoms with Crippen molar-refractivity contribution >= 4 is 48.4 Å². The largest absolute Gasteiger partial charge is 0.534 e. The van der Waals surface area contributed by atoms with Crippen LogP contribution in [-0.2, 0) is 33.5 Å². The van der Waals surface area contributed by atoms with E-state index in [1.165, 1.54) is 0 Å². The summed E-state index contributed by atoms with van der Waals surface area (Å²) in [6.07, 6.45) is 17.3. The summed E-state index contributed by atoms with van der Waals surface area (Å²) in [5.74, 6) is -2.96. The second kappa shape index (κ2) is 28.9. The van der Waals surface area contributed by atoms with Crippen molar-refractivity contribution in [1.29, 1.82) is 0 Å². The van der Waals surface area contributed by atoms with Gasteiger partial charge in [-0.2, -0.15) is 0 Å². The molecule has 0 aromatic heterocycles. The van der Waals surface area contributed by atoms with E-state index in [4.69, 9.17) is 20.3 Å². The van der Waals surface area contributed by atoms with Crippen molar-refractivity contribution in [1.82, 2.24) is 10.4 Å². The average molecular weight is 762 g/mol. The Bertz CT molecular complexity index is 1090. The van der Waals surface area contributed by atoms with Gasteiger partial charge in [-0.25, -0.2) is 14.4 Å². The summed E-state index contributed by atoms with van der Waals surface area (Å²) in [4.78, 5) is 71.7. The van der Waals surface area contributed by atoms with Gasteiger partial charge in [-0.1, -0.05) is 51.3 Å². The number of alkyl carbamates (subject to hydrolysis) is 1. The molecule has 0 aromatic carbocycles. The molecule has 0 bridgehead atoms. The standard InChI is InChI=1S/C16H27NO4.C10H13NO5.C10H19NO2.CH4.ClH/c1-3-4-5-6-9-12(2)14(15(18)19)17-16(20)21-13-10-7-8-11-13;12-8-5-6-9(13)11(8)16-10(14)15-7-3-1-2-4-7;1-3-4-5-6-7-8(2)9(11)10(12)13;;/h3,12-14H,1,4-11H2,2H3,(H,17,20)(H,18,19);7H,1-6H2;3,8-9H,1,4-7,11H2,2H3,(H,12,13);1H4;1H/t12-,14+;;8-,9+;;/m1.1../s1. The highest BCUT2D eigenvalue weighted by Crippen LogP contribution is 2.23. The molecule has 3 amide bonds. The molecule has 2 saturated carbocycles. The van der Waals surface area contributed by atoms with Crippen molar-refractivity contribution in [2.75, 3.05) is 0 Å². The van der Waals surface area contributed by atoms with Gasteiger partial charge in [0.2, 0.25) is 0 Å². The number of nitrogens with zero attached hydrogens (tertiary/aromatic N) is 1. The summed E-state index contributed by atoms with van der Waals surface area (Å²) in [5.41, 5.74) is 5.46. The number of carboxylic acid groups (broad SMARTS) is 2. The van der Waals surface area contributed by atoms with Crippen LogP contribution < -0.4 is 11.1 Å². The maximum Gasteiger partial charge on any atom is 0.534 e. The smallest absolute Gasteiger partial charge is 0.480 e. The molecule has 15 heteroatoms. The predicted octanol–water partition coefficient (Wildman–Crippen LogP) is 7.48. The number of nitrogens with one attached hydrogen (secondary N) is 1. The van der Waals surface area contributed by atoms with Crippen LogP contribution >= 0.6 is 12.4 Å². The van der Waals surface area contributed by atoms with Gasteiger partial charge in [-0.3, -0.25) is 19.2 Å². The molecular weight excluding hydrogens is 698 g/mol. The number of carboxylic acids is 2. The molecule has 4 atom stereocenters. The summed E-state index contributed by atoms with van der Waals surface area (Å²) in [7, 11) is 0.